The molecule has 0 unspecified atom stereocenters. The lowest BCUT2D eigenvalue weighted by Gasteiger charge is -2.12. The lowest BCUT2D eigenvalue weighted by atomic mass is 10.0. The van der Waals surface area contributed by atoms with Crippen LogP contribution in [-0.4, -0.2) is 55.3 Å². The Bertz CT molecular complexity index is 1120. The van der Waals surface area contributed by atoms with Crippen LogP contribution >= 0.6 is 0 Å². The van der Waals surface area contributed by atoms with Crippen molar-refractivity contribution in [2.75, 3.05) is 27.4 Å². The van der Waals surface area contributed by atoms with Gasteiger partial charge in [0.15, 0.2) is 0 Å². The number of fused-ring (bicyclic) bond motifs is 3. The number of benzene rings is 1. The fourth-order valence-electron chi connectivity index (χ4n) is 3.03. The zero-order valence-corrected chi connectivity index (χ0v) is 16.5. The summed E-state index contributed by atoms with van der Waals surface area (Å²) in [5, 5.41) is 0.961. The third-order valence-corrected chi connectivity index (χ3v) is 4.24. The predicted octanol–water partition coefficient (Wildman–Crippen LogP) is 2.86. The third-order valence-electron chi connectivity index (χ3n) is 4.24. The minimum absolute atomic E-state index is 0.0606. The number of methoxy groups -OCH3 is 2. The molecule has 9 nitrogen and oxygen atoms in total. The third kappa shape index (κ3) is 3.58. The van der Waals surface area contributed by atoms with Gasteiger partial charge in [0.25, 0.3) is 0 Å². The van der Waals surface area contributed by atoms with E-state index in [0.717, 1.165) is 0 Å². The molecule has 0 radical (unpaired) electrons. The Hall–Kier alpha value is -3.62. The number of pyridine rings is 1. The van der Waals surface area contributed by atoms with Crippen LogP contribution in [0.5, 0.6) is 5.75 Å². The molecule has 0 saturated heterocycles. The molecule has 0 amide bonds. The zero-order valence-electron chi connectivity index (χ0n) is 16.5. The van der Waals surface area contributed by atoms with E-state index in [0.29, 0.717) is 22.0 Å². The zero-order chi connectivity index (χ0) is 21.1. The maximum Gasteiger partial charge on any atom is 0.356 e. The molecule has 0 aliphatic carbocycles. The molecule has 0 aliphatic heterocycles. The highest BCUT2D eigenvalue weighted by Crippen LogP contribution is 2.35. The average molecular weight is 400 g/mol. The number of nitrogens with one attached hydrogen (secondary N) is 1. The molecule has 0 spiro atoms. The van der Waals surface area contributed by atoms with Crippen molar-refractivity contribution in [1.29, 1.82) is 0 Å². The molecule has 152 valence electrons. The van der Waals surface area contributed by atoms with Gasteiger partial charge in [-0.25, -0.2) is 19.4 Å². The minimum Gasteiger partial charge on any atom is -0.494 e. The van der Waals surface area contributed by atoms with E-state index in [1.54, 1.807) is 26.0 Å². The predicted molar refractivity (Wildman–Crippen MR) is 103 cm³/mol. The number of hydrogen-bond donors (Lipinski definition) is 1. The van der Waals surface area contributed by atoms with Crippen LogP contribution in [0.1, 0.15) is 45.2 Å². The maximum absolute atomic E-state index is 12.5. The van der Waals surface area contributed by atoms with Gasteiger partial charge in [-0.1, -0.05) is 0 Å². The van der Waals surface area contributed by atoms with Gasteiger partial charge in [-0.2, -0.15) is 0 Å². The first kappa shape index (κ1) is 20.1. The summed E-state index contributed by atoms with van der Waals surface area (Å²) in [5.74, 6) is -1.57. The highest BCUT2D eigenvalue weighted by Gasteiger charge is 2.24. The molecule has 0 atom stereocenters. The first-order chi connectivity index (χ1) is 13.9. The van der Waals surface area contributed by atoms with Crippen LogP contribution in [-0.2, 0) is 14.2 Å². The van der Waals surface area contributed by atoms with Crippen molar-refractivity contribution in [2.45, 2.75) is 13.8 Å². The first-order valence-electron chi connectivity index (χ1n) is 8.92. The quantitative estimate of drug-likeness (QED) is 0.496. The number of carbonyl (C=O) groups is 3. The van der Waals surface area contributed by atoms with E-state index in [2.05, 4.69) is 9.97 Å². The van der Waals surface area contributed by atoms with E-state index >= 15 is 0 Å². The molecule has 2 aromatic heterocycles. The van der Waals surface area contributed by atoms with Crippen molar-refractivity contribution < 1.29 is 33.3 Å². The number of rotatable bonds is 6. The van der Waals surface area contributed by atoms with Crippen LogP contribution in [0.4, 0.5) is 0 Å². The Morgan fingerprint density at radius 1 is 0.966 bits per heavy atom. The molecule has 0 fully saturated rings. The first-order valence-corrected chi connectivity index (χ1v) is 8.92. The van der Waals surface area contributed by atoms with Gasteiger partial charge in [-0.05, 0) is 32.0 Å². The molecule has 3 aromatic rings. The van der Waals surface area contributed by atoms with Gasteiger partial charge in [0, 0.05) is 10.8 Å². The molecule has 1 aromatic carbocycles. The summed E-state index contributed by atoms with van der Waals surface area (Å²) in [6.45, 7) is 3.74. The molecule has 1 N–H and O–H groups in total. The van der Waals surface area contributed by atoms with Crippen LogP contribution < -0.4 is 4.74 Å². The average Bonchev–Trinajstić information content (AvgIpc) is 3.16. The van der Waals surface area contributed by atoms with E-state index in [9.17, 15) is 14.4 Å². The molecular formula is C20H20N2O7. The molecule has 0 bridgehead atoms. The van der Waals surface area contributed by atoms with Crippen LogP contribution in [0, 0.1) is 0 Å². The van der Waals surface area contributed by atoms with Crippen molar-refractivity contribution in [3.8, 4) is 5.75 Å². The van der Waals surface area contributed by atoms with Gasteiger partial charge < -0.3 is 23.9 Å². The van der Waals surface area contributed by atoms with Crippen molar-refractivity contribution in [3.63, 3.8) is 0 Å². The number of H-pyrrole nitrogens is 1. The number of hydrogen-bond acceptors (Lipinski definition) is 8. The molecule has 3 rings (SSSR count). The van der Waals surface area contributed by atoms with E-state index in [1.165, 1.54) is 20.3 Å². The highest BCUT2D eigenvalue weighted by molar-refractivity contribution is 6.18. The van der Waals surface area contributed by atoms with Crippen molar-refractivity contribution in [3.05, 3.63) is 35.2 Å². The van der Waals surface area contributed by atoms with E-state index in [1.807, 2.05) is 0 Å². The van der Waals surface area contributed by atoms with Gasteiger partial charge >= 0.3 is 17.9 Å². The minimum atomic E-state index is -0.680. The van der Waals surface area contributed by atoms with Crippen molar-refractivity contribution >= 4 is 39.7 Å². The second-order valence-corrected chi connectivity index (χ2v) is 5.94. The normalized spacial score (nSPS) is 10.8. The fourth-order valence-corrected chi connectivity index (χ4v) is 3.03. The van der Waals surface area contributed by atoms with Gasteiger partial charge in [-0.3, -0.25) is 0 Å². The number of ether oxygens (including phenoxy) is 4. The van der Waals surface area contributed by atoms with Gasteiger partial charge in [0.1, 0.15) is 22.7 Å². The van der Waals surface area contributed by atoms with E-state index in [4.69, 9.17) is 18.9 Å². The number of aromatic amines is 1. The number of aromatic nitrogens is 2. The topological polar surface area (TPSA) is 117 Å². The highest BCUT2D eigenvalue weighted by atomic mass is 16.5. The molecule has 2 heterocycles. The van der Waals surface area contributed by atoms with E-state index < -0.39 is 17.9 Å². The number of carbonyl (C=O) groups excluding carboxylic acids is 3. The Morgan fingerprint density at radius 3 is 2.28 bits per heavy atom. The molecular weight excluding hydrogens is 380 g/mol. The van der Waals surface area contributed by atoms with Crippen LogP contribution in [0.3, 0.4) is 0 Å². The van der Waals surface area contributed by atoms with Gasteiger partial charge in [0.2, 0.25) is 0 Å². The summed E-state index contributed by atoms with van der Waals surface area (Å²) >= 11 is 0. The summed E-state index contributed by atoms with van der Waals surface area (Å²) in [7, 11) is 2.67. The fraction of sp³-hybridized carbons (Fsp3) is 0.300. The number of nitrogens with zero attached hydrogens (tertiary/aromatic N) is 1. The maximum atomic E-state index is 12.5. The molecule has 9 heteroatoms. The van der Waals surface area contributed by atoms with Crippen LogP contribution in [0.15, 0.2) is 18.2 Å². The lowest BCUT2D eigenvalue weighted by molar-refractivity contribution is 0.0510. The van der Waals surface area contributed by atoms with Gasteiger partial charge in [-0.15, -0.1) is 0 Å². The Balaban J connectivity index is 2.39. The summed E-state index contributed by atoms with van der Waals surface area (Å²) in [5.41, 5.74) is 0.952. The summed E-state index contributed by atoms with van der Waals surface area (Å²) < 4.78 is 20.3. The molecule has 0 aliphatic rings. The standard InChI is InChI=1S/C20H20N2O7/c1-5-28-19(24)12-7-10-8-14(26-3)17-15(16(10)21-12)11(18(23)27-4)9-13(22-17)20(25)29-6-2/h7-9,21H,5-6H2,1-4H3. The van der Waals surface area contributed by atoms with Gasteiger partial charge in [0.05, 0.1) is 38.5 Å². The molecule has 0 saturated carbocycles. The largest absolute Gasteiger partial charge is 0.494 e. The second kappa shape index (κ2) is 8.17. The van der Waals surface area contributed by atoms with Crippen molar-refractivity contribution in [1.82, 2.24) is 9.97 Å². The Kier molecular flexibility index (Phi) is 5.67. The van der Waals surface area contributed by atoms with Crippen LogP contribution in [0.25, 0.3) is 21.8 Å². The van der Waals surface area contributed by atoms with Crippen molar-refractivity contribution in [2.24, 2.45) is 0 Å². The summed E-state index contributed by atoms with van der Waals surface area (Å²) in [6, 6.07) is 4.55. The summed E-state index contributed by atoms with van der Waals surface area (Å²) in [4.78, 5) is 44.2. The lowest BCUT2D eigenvalue weighted by Crippen LogP contribution is -2.11. The summed E-state index contributed by atoms with van der Waals surface area (Å²) in [6.07, 6.45) is 0. The Morgan fingerprint density at radius 2 is 1.66 bits per heavy atom. The van der Waals surface area contributed by atoms with Crippen LogP contribution in [0.2, 0.25) is 0 Å². The number of esters is 3. The SMILES string of the molecule is CCOC(=O)c1cc(C(=O)OC)c2c(n1)c(OC)cc1cc(C(=O)OCC)[nH]c12. The van der Waals surface area contributed by atoms with E-state index in [-0.39, 0.29) is 35.7 Å². The Labute approximate surface area is 165 Å². The smallest absolute Gasteiger partial charge is 0.356 e. The second-order valence-electron chi connectivity index (χ2n) is 5.94. The monoisotopic (exact) mass is 400 g/mol. The molecule has 29 heavy (non-hydrogen) atoms.